The van der Waals surface area contributed by atoms with Gasteiger partial charge in [-0.05, 0) is 36.2 Å². The second-order valence-corrected chi connectivity index (χ2v) is 6.38. The number of amides is 1. The molecule has 0 atom stereocenters. The van der Waals surface area contributed by atoms with E-state index in [1.165, 1.54) is 16.9 Å². The van der Waals surface area contributed by atoms with Crippen molar-refractivity contribution in [2.75, 3.05) is 5.32 Å². The van der Waals surface area contributed by atoms with E-state index in [1.807, 2.05) is 12.1 Å². The second kappa shape index (κ2) is 5.98. The molecule has 1 N–H and O–H groups in total. The number of rotatable bonds is 3. The van der Waals surface area contributed by atoms with Crippen molar-refractivity contribution in [2.24, 2.45) is 0 Å². The van der Waals surface area contributed by atoms with Crippen LogP contribution in [-0.2, 0) is 6.42 Å². The van der Waals surface area contributed by atoms with Gasteiger partial charge in [0.25, 0.3) is 5.91 Å². The molecule has 0 spiro atoms. The fraction of sp³-hybridized carbons (Fsp3) is 0.111. The molecule has 0 aliphatic carbocycles. The molecule has 0 bridgehead atoms. The van der Waals surface area contributed by atoms with E-state index >= 15 is 0 Å². The van der Waals surface area contributed by atoms with Gasteiger partial charge >= 0.3 is 0 Å². The SMILES string of the molecule is CCc1cccc2sc(NC(=O)c3ccc4nccnc4c3)nc12. The van der Waals surface area contributed by atoms with Crippen LogP contribution in [0.3, 0.4) is 0 Å². The zero-order valence-corrected chi connectivity index (χ0v) is 13.8. The first kappa shape index (κ1) is 14.7. The third-order valence-electron chi connectivity index (χ3n) is 3.84. The number of hydrogen-bond acceptors (Lipinski definition) is 5. The molecule has 6 heteroatoms. The van der Waals surface area contributed by atoms with Crippen molar-refractivity contribution in [1.82, 2.24) is 15.0 Å². The number of fused-ring (bicyclic) bond motifs is 2. The predicted molar refractivity (Wildman–Crippen MR) is 96.5 cm³/mol. The summed E-state index contributed by atoms with van der Waals surface area (Å²) in [4.78, 5) is 25.5. The lowest BCUT2D eigenvalue weighted by molar-refractivity contribution is 0.102. The zero-order chi connectivity index (χ0) is 16.5. The molecule has 2 heterocycles. The minimum Gasteiger partial charge on any atom is -0.298 e. The number of aromatic nitrogens is 3. The maximum absolute atomic E-state index is 12.5. The van der Waals surface area contributed by atoms with Gasteiger partial charge in [0.05, 0.1) is 21.3 Å². The Labute approximate surface area is 142 Å². The normalized spacial score (nSPS) is 11.0. The topological polar surface area (TPSA) is 67.8 Å². The summed E-state index contributed by atoms with van der Waals surface area (Å²) in [5.41, 5.74) is 4.15. The third kappa shape index (κ3) is 2.61. The van der Waals surface area contributed by atoms with Crippen LogP contribution in [0.15, 0.2) is 48.8 Å². The average Bonchev–Trinajstić information content (AvgIpc) is 3.03. The van der Waals surface area contributed by atoms with E-state index in [1.54, 1.807) is 30.6 Å². The smallest absolute Gasteiger partial charge is 0.257 e. The van der Waals surface area contributed by atoms with Crippen LogP contribution in [0.5, 0.6) is 0 Å². The first-order valence-electron chi connectivity index (χ1n) is 7.65. The van der Waals surface area contributed by atoms with Crippen LogP contribution < -0.4 is 5.32 Å². The van der Waals surface area contributed by atoms with Crippen molar-refractivity contribution < 1.29 is 4.79 Å². The summed E-state index contributed by atoms with van der Waals surface area (Å²) in [7, 11) is 0. The van der Waals surface area contributed by atoms with Gasteiger partial charge in [0.15, 0.2) is 5.13 Å². The fourth-order valence-electron chi connectivity index (χ4n) is 2.62. The van der Waals surface area contributed by atoms with E-state index in [9.17, 15) is 4.79 Å². The van der Waals surface area contributed by atoms with E-state index < -0.39 is 0 Å². The van der Waals surface area contributed by atoms with Crippen LogP contribution in [0.4, 0.5) is 5.13 Å². The number of hydrogen-bond donors (Lipinski definition) is 1. The summed E-state index contributed by atoms with van der Waals surface area (Å²) in [5.74, 6) is -0.195. The highest BCUT2D eigenvalue weighted by atomic mass is 32.1. The average molecular weight is 334 g/mol. The number of aryl methyl sites for hydroxylation is 1. The van der Waals surface area contributed by atoms with Gasteiger partial charge in [0, 0.05) is 18.0 Å². The molecule has 0 saturated heterocycles. The number of nitrogens with zero attached hydrogens (tertiary/aromatic N) is 3. The number of thiazole rings is 1. The Morgan fingerprint density at radius 2 is 1.96 bits per heavy atom. The molecule has 24 heavy (non-hydrogen) atoms. The largest absolute Gasteiger partial charge is 0.298 e. The minimum absolute atomic E-state index is 0.195. The van der Waals surface area contributed by atoms with Crippen molar-refractivity contribution in [3.05, 3.63) is 59.9 Å². The van der Waals surface area contributed by atoms with Crippen molar-refractivity contribution in [1.29, 1.82) is 0 Å². The standard InChI is InChI=1S/C18H14N4OS/c1-2-11-4-3-5-15-16(11)21-18(24-15)22-17(23)12-6-7-13-14(10-12)20-9-8-19-13/h3-10H,2H2,1H3,(H,21,22,23). The summed E-state index contributed by atoms with van der Waals surface area (Å²) in [6.45, 7) is 2.10. The summed E-state index contributed by atoms with van der Waals surface area (Å²) >= 11 is 1.48. The maximum Gasteiger partial charge on any atom is 0.257 e. The highest BCUT2D eigenvalue weighted by Crippen LogP contribution is 2.28. The molecule has 0 saturated carbocycles. The van der Waals surface area contributed by atoms with Crippen molar-refractivity contribution in [2.45, 2.75) is 13.3 Å². The molecule has 0 radical (unpaired) electrons. The van der Waals surface area contributed by atoms with Crippen LogP contribution in [-0.4, -0.2) is 20.9 Å². The van der Waals surface area contributed by atoms with E-state index in [0.717, 1.165) is 22.2 Å². The molecule has 2 aromatic heterocycles. The highest BCUT2D eigenvalue weighted by molar-refractivity contribution is 7.22. The van der Waals surface area contributed by atoms with Gasteiger partial charge in [0.1, 0.15) is 0 Å². The molecule has 0 fully saturated rings. The Morgan fingerprint density at radius 3 is 2.79 bits per heavy atom. The number of benzene rings is 2. The van der Waals surface area contributed by atoms with Crippen molar-refractivity contribution in [3.63, 3.8) is 0 Å². The highest BCUT2D eigenvalue weighted by Gasteiger charge is 2.12. The first-order valence-corrected chi connectivity index (χ1v) is 8.47. The summed E-state index contributed by atoms with van der Waals surface area (Å²) in [5, 5.41) is 3.49. The molecule has 2 aromatic carbocycles. The molecular weight excluding hydrogens is 320 g/mol. The number of anilines is 1. The lowest BCUT2D eigenvalue weighted by atomic mass is 10.1. The Hall–Kier alpha value is -2.86. The first-order chi connectivity index (χ1) is 11.7. The second-order valence-electron chi connectivity index (χ2n) is 5.35. The molecule has 4 rings (SSSR count). The summed E-state index contributed by atoms with van der Waals surface area (Å²) in [6, 6.07) is 11.4. The molecule has 0 aliphatic heterocycles. The van der Waals surface area contributed by atoms with Crippen molar-refractivity contribution in [3.8, 4) is 0 Å². The molecule has 5 nitrogen and oxygen atoms in total. The summed E-state index contributed by atoms with van der Waals surface area (Å²) in [6.07, 6.45) is 4.16. The molecular formula is C18H14N4OS. The number of para-hydroxylation sites is 1. The number of carbonyl (C=O) groups is 1. The quantitative estimate of drug-likeness (QED) is 0.613. The van der Waals surface area contributed by atoms with E-state index in [-0.39, 0.29) is 5.91 Å². The van der Waals surface area contributed by atoms with E-state index in [4.69, 9.17) is 0 Å². The van der Waals surface area contributed by atoms with Crippen LogP contribution in [0.1, 0.15) is 22.8 Å². The van der Waals surface area contributed by atoms with Crippen molar-refractivity contribution >= 4 is 43.6 Å². The van der Waals surface area contributed by atoms with E-state index in [2.05, 4.69) is 33.3 Å². The zero-order valence-electron chi connectivity index (χ0n) is 13.0. The third-order valence-corrected chi connectivity index (χ3v) is 4.77. The molecule has 0 unspecified atom stereocenters. The Balaban J connectivity index is 1.65. The van der Waals surface area contributed by atoms with Gasteiger partial charge in [0.2, 0.25) is 0 Å². The minimum atomic E-state index is -0.195. The predicted octanol–water partition coefficient (Wildman–Crippen LogP) is 4.05. The van der Waals surface area contributed by atoms with Gasteiger partial charge in [-0.15, -0.1) is 0 Å². The Kier molecular flexibility index (Phi) is 3.66. The number of nitrogens with one attached hydrogen (secondary N) is 1. The van der Waals surface area contributed by atoms with Crippen LogP contribution in [0.25, 0.3) is 21.3 Å². The van der Waals surface area contributed by atoms with Gasteiger partial charge in [-0.25, -0.2) is 4.98 Å². The molecule has 118 valence electrons. The lowest BCUT2D eigenvalue weighted by Crippen LogP contribution is -2.11. The lowest BCUT2D eigenvalue weighted by Gasteiger charge is -2.02. The van der Waals surface area contributed by atoms with Gasteiger partial charge < -0.3 is 0 Å². The molecule has 0 aliphatic rings. The Morgan fingerprint density at radius 1 is 1.12 bits per heavy atom. The van der Waals surface area contributed by atoms with Crippen LogP contribution in [0, 0.1) is 0 Å². The van der Waals surface area contributed by atoms with Gasteiger partial charge in [-0.3, -0.25) is 20.1 Å². The van der Waals surface area contributed by atoms with Gasteiger partial charge in [-0.1, -0.05) is 30.4 Å². The number of carbonyl (C=O) groups excluding carboxylic acids is 1. The summed E-state index contributed by atoms with van der Waals surface area (Å²) < 4.78 is 1.08. The molecule has 4 aromatic rings. The van der Waals surface area contributed by atoms with Gasteiger partial charge in [-0.2, -0.15) is 0 Å². The van der Waals surface area contributed by atoms with E-state index in [0.29, 0.717) is 16.2 Å². The monoisotopic (exact) mass is 334 g/mol. The Bertz CT molecular complexity index is 1060. The molecule has 1 amide bonds. The maximum atomic E-state index is 12.5. The van der Waals surface area contributed by atoms with Crippen LogP contribution in [0.2, 0.25) is 0 Å². The van der Waals surface area contributed by atoms with Crippen LogP contribution >= 0.6 is 11.3 Å². The fourth-order valence-corrected chi connectivity index (χ4v) is 3.53.